The first kappa shape index (κ1) is 12.4. The average Bonchev–Trinajstić information content (AvgIpc) is 3.13. The predicted molar refractivity (Wildman–Crippen MR) is 72.4 cm³/mol. The van der Waals surface area contributed by atoms with E-state index in [0.717, 1.165) is 24.8 Å². The molecule has 0 atom stereocenters. The van der Waals surface area contributed by atoms with Crippen molar-refractivity contribution in [1.82, 2.24) is 10.3 Å². The second-order valence-electron chi connectivity index (χ2n) is 4.91. The van der Waals surface area contributed by atoms with Crippen LogP contribution in [0.5, 0.6) is 0 Å². The first-order chi connectivity index (χ1) is 8.26. The molecule has 0 spiro atoms. The van der Waals surface area contributed by atoms with E-state index in [9.17, 15) is 0 Å². The van der Waals surface area contributed by atoms with E-state index in [-0.39, 0.29) is 0 Å². The zero-order chi connectivity index (χ0) is 12.3. The molecule has 94 valence electrons. The molecule has 1 fully saturated rings. The smallest absolute Gasteiger partial charge is 0.0448 e. The Kier molecular flexibility index (Phi) is 4.00. The van der Waals surface area contributed by atoms with Crippen LogP contribution in [0.2, 0.25) is 0 Å². The van der Waals surface area contributed by atoms with Crippen LogP contribution >= 0.6 is 0 Å². The number of hydrogen-bond acceptors (Lipinski definition) is 3. The fourth-order valence-corrected chi connectivity index (χ4v) is 2.29. The molecule has 0 bridgehead atoms. The summed E-state index contributed by atoms with van der Waals surface area (Å²) in [4.78, 5) is 6.98. The van der Waals surface area contributed by atoms with E-state index in [2.05, 4.69) is 35.1 Å². The fourth-order valence-electron chi connectivity index (χ4n) is 2.29. The van der Waals surface area contributed by atoms with Gasteiger partial charge in [0.15, 0.2) is 0 Å². The maximum atomic E-state index is 4.41. The van der Waals surface area contributed by atoms with E-state index in [1.165, 1.54) is 30.5 Å². The van der Waals surface area contributed by atoms with Crippen molar-refractivity contribution in [1.29, 1.82) is 0 Å². The van der Waals surface area contributed by atoms with Crippen molar-refractivity contribution in [3.8, 4) is 0 Å². The molecule has 1 saturated carbocycles. The third kappa shape index (κ3) is 2.97. The van der Waals surface area contributed by atoms with Crippen LogP contribution < -0.4 is 10.2 Å². The highest BCUT2D eigenvalue weighted by Crippen LogP contribution is 2.33. The monoisotopic (exact) mass is 233 g/mol. The Balaban J connectivity index is 2.28. The molecule has 1 aliphatic rings. The second kappa shape index (κ2) is 5.50. The van der Waals surface area contributed by atoms with E-state index in [1.807, 2.05) is 13.2 Å². The van der Waals surface area contributed by atoms with Gasteiger partial charge < -0.3 is 10.2 Å². The van der Waals surface area contributed by atoms with E-state index in [4.69, 9.17) is 0 Å². The molecule has 1 aromatic rings. The molecule has 1 N–H and O–H groups in total. The molecule has 3 heteroatoms. The summed E-state index contributed by atoms with van der Waals surface area (Å²) in [7, 11) is 1.99. The van der Waals surface area contributed by atoms with E-state index >= 15 is 0 Å². The van der Waals surface area contributed by atoms with Crippen molar-refractivity contribution in [3.05, 3.63) is 23.5 Å². The van der Waals surface area contributed by atoms with Gasteiger partial charge in [-0.3, -0.25) is 4.98 Å². The number of aromatic nitrogens is 1. The highest BCUT2D eigenvalue weighted by atomic mass is 15.2. The van der Waals surface area contributed by atoms with Crippen molar-refractivity contribution in [2.24, 2.45) is 0 Å². The second-order valence-corrected chi connectivity index (χ2v) is 4.91. The van der Waals surface area contributed by atoms with Crippen molar-refractivity contribution in [2.75, 3.05) is 18.5 Å². The molecule has 1 aromatic heterocycles. The summed E-state index contributed by atoms with van der Waals surface area (Å²) in [5.74, 6) is 0. The minimum Gasteiger partial charge on any atom is -0.368 e. The fraction of sp³-hybridized carbons (Fsp3) is 0.643. The minimum absolute atomic E-state index is 0.771. The van der Waals surface area contributed by atoms with Gasteiger partial charge in [-0.05, 0) is 39.3 Å². The number of nitrogens with zero attached hydrogens (tertiary/aromatic N) is 2. The third-order valence-electron chi connectivity index (χ3n) is 3.23. The lowest BCUT2D eigenvalue weighted by molar-refractivity contribution is 0.741. The Labute approximate surface area is 104 Å². The Morgan fingerprint density at radius 3 is 2.82 bits per heavy atom. The Morgan fingerprint density at radius 1 is 1.47 bits per heavy atom. The number of rotatable bonds is 6. The van der Waals surface area contributed by atoms with Gasteiger partial charge in [0.25, 0.3) is 0 Å². The zero-order valence-electron chi connectivity index (χ0n) is 11.2. The van der Waals surface area contributed by atoms with Crippen LogP contribution in [0.4, 0.5) is 5.69 Å². The zero-order valence-corrected chi connectivity index (χ0v) is 11.2. The van der Waals surface area contributed by atoms with Crippen LogP contribution in [0.15, 0.2) is 12.3 Å². The lowest BCUT2D eigenvalue weighted by Gasteiger charge is -2.27. The van der Waals surface area contributed by atoms with Crippen molar-refractivity contribution < 1.29 is 0 Å². The van der Waals surface area contributed by atoms with Crippen molar-refractivity contribution >= 4 is 5.69 Å². The first-order valence-corrected chi connectivity index (χ1v) is 6.63. The average molecular weight is 233 g/mol. The van der Waals surface area contributed by atoms with Gasteiger partial charge in [0.2, 0.25) is 0 Å². The number of pyridine rings is 1. The van der Waals surface area contributed by atoms with Crippen LogP contribution in [-0.4, -0.2) is 24.6 Å². The molecule has 1 aliphatic carbocycles. The molecule has 0 saturated heterocycles. The van der Waals surface area contributed by atoms with Crippen LogP contribution in [-0.2, 0) is 6.54 Å². The molecule has 0 radical (unpaired) electrons. The predicted octanol–water partition coefficient (Wildman–Crippen LogP) is 2.49. The van der Waals surface area contributed by atoms with Gasteiger partial charge in [-0.1, -0.05) is 6.92 Å². The van der Waals surface area contributed by atoms with Gasteiger partial charge >= 0.3 is 0 Å². The normalized spacial score (nSPS) is 15.0. The molecule has 0 aliphatic heterocycles. The Hall–Kier alpha value is -1.09. The standard InChI is InChI=1S/C14H23N3/c1-4-7-17(13-5-6-13)14-8-11(2)16-10-12(14)9-15-3/h8,10,13,15H,4-7,9H2,1-3H3. The molecule has 0 aromatic carbocycles. The lowest BCUT2D eigenvalue weighted by Crippen LogP contribution is -2.28. The van der Waals surface area contributed by atoms with Gasteiger partial charge in [0.05, 0.1) is 0 Å². The van der Waals surface area contributed by atoms with Crippen LogP contribution in [0.25, 0.3) is 0 Å². The third-order valence-corrected chi connectivity index (χ3v) is 3.23. The molecule has 17 heavy (non-hydrogen) atoms. The van der Waals surface area contributed by atoms with Crippen LogP contribution in [0, 0.1) is 6.92 Å². The van der Waals surface area contributed by atoms with Gasteiger partial charge in [-0.2, -0.15) is 0 Å². The number of hydrogen-bond donors (Lipinski definition) is 1. The molecule has 1 heterocycles. The van der Waals surface area contributed by atoms with E-state index in [1.54, 1.807) is 0 Å². The number of nitrogens with one attached hydrogen (secondary N) is 1. The molecular formula is C14H23N3. The Bertz CT molecular complexity index is 372. The summed E-state index contributed by atoms with van der Waals surface area (Å²) < 4.78 is 0. The number of anilines is 1. The summed E-state index contributed by atoms with van der Waals surface area (Å²) in [6.45, 7) is 6.38. The summed E-state index contributed by atoms with van der Waals surface area (Å²) in [5, 5.41) is 3.23. The minimum atomic E-state index is 0.771. The van der Waals surface area contributed by atoms with Crippen molar-refractivity contribution in [2.45, 2.75) is 45.7 Å². The van der Waals surface area contributed by atoms with Gasteiger partial charge in [-0.25, -0.2) is 0 Å². The quantitative estimate of drug-likeness (QED) is 0.818. The largest absolute Gasteiger partial charge is 0.368 e. The summed E-state index contributed by atoms with van der Waals surface area (Å²) in [6.07, 6.45) is 5.92. The van der Waals surface area contributed by atoms with Gasteiger partial charge in [0, 0.05) is 42.3 Å². The lowest BCUT2D eigenvalue weighted by atomic mass is 10.1. The maximum Gasteiger partial charge on any atom is 0.0448 e. The summed E-state index contributed by atoms with van der Waals surface area (Å²) in [6, 6.07) is 3.01. The SMILES string of the molecule is CCCN(c1cc(C)ncc1CNC)C1CC1. The molecule has 3 nitrogen and oxygen atoms in total. The topological polar surface area (TPSA) is 28.2 Å². The summed E-state index contributed by atoms with van der Waals surface area (Å²) in [5.41, 5.74) is 3.82. The van der Waals surface area contributed by atoms with Gasteiger partial charge in [0.1, 0.15) is 0 Å². The molecular weight excluding hydrogens is 210 g/mol. The highest BCUT2D eigenvalue weighted by molar-refractivity contribution is 5.55. The van der Waals surface area contributed by atoms with E-state index in [0.29, 0.717) is 0 Å². The molecule has 2 rings (SSSR count). The molecule has 0 unspecified atom stereocenters. The summed E-state index contributed by atoms with van der Waals surface area (Å²) >= 11 is 0. The van der Waals surface area contributed by atoms with Crippen molar-refractivity contribution in [3.63, 3.8) is 0 Å². The van der Waals surface area contributed by atoms with E-state index < -0.39 is 0 Å². The molecule has 0 amide bonds. The highest BCUT2D eigenvalue weighted by Gasteiger charge is 2.29. The Morgan fingerprint density at radius 2 is 2.24 bits per heavy atom. The number of aryl methyl sites for hydroxylation is 1. The van der Waals surface area contributed by atoms with Crippen LogP contribution in [0.1, 0.15) is 37.4 Å². The van der Waals surface area contributed by atoms with Crippen LogP contribution in [0.3, 0.4) is 0 Å². The first-order valence-electron chi connectivity index (χ1n) is 6.63. The van der Waals surface area contributed by atoms with Gasteiger partial charge in [-0.15, -0.1) is 0 Å². The maximum absolute atomic E-state index is 4.41.